The van der Waals surface area contributed by atoms with Crippen molar-refractivity contribution < 1.29 is 19.8 Å². The minimum absolute atomic E-state index is 0.0673. The van der Waals surface area contributed by atoms with Crippen molar-refractivity contribution in [2.75, 3.05) is 5.32 Å². The largest absolute Gasteiger partial charge is 0.508 e. The van der Waals surface area contributed by atoms with Gasteiger partial charge in [0.25, 0.3) is 5.91 Å². The Balaban J connectivity index is 1.97. The number of carbonyl (C=O) groups is 2. The molecular formula is C19H21N3O4. The second kappa shape index (κ2) is 7.69. The Bertz CT molecular complexity index is 837. The summed E-state index contributed by atoms with van der Waals surface area (Å²) in [5, 5.41) is 25.4. The molecule has 0 unspecified atom stereocenters. The Morgan fingerprint density at radius 1 is 1.04 bits per heavy atom. The van der Waals surface area contributed by atoms with Crippen molar-refractivity contribution in [2.45, 2.75) is 20.8 Å². The molecule has 0 atom stereocenters. The van der Waals surface area contributed by atoms with Crippen LogP contribution in [0.25, 0.3) is 0 Å². The Labute approximate surface area is 151 Å². The molecule has 0 saturated heterocycles. The van der Waals surface area contributed by atoms with Gasteiger partial charge in [-0.05, 0) is 36.4 Å². The number of carbonyl (C=O) groups excluding carboxylic acids is 2. The maximum absolute atomic E-state index is 12.1. The highest BCUT2D eigenvalue weighted by Gasteiger charge is 2.21. The fraction of sp³-hybridized carbons (Fsp3) is 0.211. The van der Waals surface area contributed by atoms with Gasteiger partial charge in [0.15, 0.2) is 0 Å². The van der Waals surface area contributed by atoms with E-state index in [1.165, 1.54) is 24.4 Å². The van der Waals surface area contributed by atoms with Crippen LogP contribution in [0, 0.1) is 5.41 Å². The van der Waals surface area contributed by atoms with Gasteiger partial charge in [0.1, 0.15) is 11.5 Å². The average Bonchev–Trinajstić information content (AvgIpc) is 2.56. The molecule has 2 amide bonds. The topological polar surface area (TPSA) is 111 Å². The van der Waals surface area contributed by atoms with E-state index in [0.717, 1.165) is 0 Å². The first-order valence-corrected chi connectivity index (χ1v) is 7.94. The first kappa shape index (κ1) is 19.0. The van der Waals surface area contributed by atoms with E-state index in [9.17, 15) is 19.8 Å². The van der Waals surface area contributed by atoms with Crippen molar-refractivity contribution in [3.8, 4) is 11.5 Å². The number of hydrogen-bond acceptors (Lipinski definition) is 5. The number of aromatic hydroxyl groups is 2. The molecule has 0 aliphatic heterocycles. The van der Waals surface area contributed by atoms with Crippen molar-refractivity contribution in [3.05, 3.63) is 53.6 Å². The Morgan fingerprint density at radius 2 is 1.69 bits per heavy atom. The molecule has 0 bridgehead atoms. The second-order valence-electron chi connectivity index (χ2n) is 6.72. The lowest BCUT2D eigenvalue weighted by Crippen LogP contribution is -2.27. The summed E-state index contributed by atoms with van der Waals surface area (Å²) in [6, 6.07) is 10.4. The van der Waals surface area contributed by atoms with Crippen molar-refractivity contribution in [2.24, 2.45) is 10.5 Å². The average molecular weight is 355 g/mol. The molecule has 0 heterocycles. The minimum atomic E-state index is -0.509. The van der Waals surface area contributed by atoms with Gasteiger partial charge in [-0.2, -0.15) is 5.10 Å². The fourth-order valence-electron chi connectivity index (χ4n) is 1.89. The number of phenols is 2. The van der Waals surface area contributed by atoms with Gasteiger partial charge < -0.3 is 15.5 Å². The Kier molecular flexibility index (Phi) is 5.61. The molecule has 26 heavy (non-hydrogen) atoms. The van der Waals surface area contributed by atoms with Gasteiger partial charge in [0.05, 0.1) is 6.21 Å². The maximum Gasteiger partial charge on any atom is 0.271 e. The molecule has 7 heteroatoms. The SMILES string of the molecule is CC(C)(C)C(=O)Nc1ccc(C(=O)N/N=C\c2ccc(O)cc2O)cc1. The number of amides is 2. The van der Waals surface area contributed by atoms with Gasteiger partial charge in [0, 0.05) is 28.3 Å². The molecule has 0 fully saturated rings. The van der Waals surface area contributed by atoms with Crippen LogP contribution in [0.15, 0.2) is 47.6 Å². The first-order chi connectivity index (χ1) is 12.2. The summed E-state index contributed by atoms with van der Waals surface area (Å²) in [5.41, 5.74) is 3.15. The third-order valence-corrected chi connectivity index (χ3v) is 3.47. The summed E-state index contributed by atoms with van der Waals surface area (Å²) in [4.78, 5) is 24.0. The van der Waals surface area contributed by atoms with Crippen LogP contribution in [0.3, 0.4) is 0 Å². The quantitative estimate of drug-likeness (QED) is 0.499. The maximum atomic E-state index is 12.1. The van der Waals surface area contributed by atoms with Crippen molar-refractivity contribution >= 4 is 23.7 Å². The van der Waals surface area contributed by atoms with Crippen molar-refractivity contribution in [1.29, 1.82) is 0 Å². The van der Waals surface area contributed by atoms with Crippen molar-refractivity contribution in [1.82, 2.24) is 5.43 Å². The van der Waals surface area contributed by atoms with Gasteiger partial charge in [0.2, 0.25) is 5.91 Å². The highest BCUT2D eigenvalue weighted by Crippen LogP contribution is 2.21. The second-order valence-corrected chi connectivity index (χ2v) is 6.72. The van der Waals surface area contributed by atoms with Crippen LogP contribution in [0.5, 0.6) is 11.5 Å². The third kappa shape index (κ3) is 5.07. The standard InChI is InChI=1S/C19H21N3O4/c1-19(2,3)18(26)21-14-7-4-12(5-8-14)17(25)22-20-11-13-6-9-15(23)10-16(13)24/h4-11,23-24H,1-3H3,(H,21,26)(H,22,25)/b20-11-. The smallest absolute Gasteiger partial charge is 0.271 e. The molecule has 0 aromatic heterocycles. The highest BCUT2D eigenvalue weighted by molar-refractivity contribution is 5.97. The Hall–Kier alpha value is -3.35. The van der Waals surface area contributed by atoms with Crippen LogP contribution in [0.2, 0.25) is 0 Å². The lowest BCUT2D eigenvalue weighted by Gasteiger charge is -2.17. The van der Waals surface area contributed by atoms with Crippen LogP contribution in [-0.2, 0) is 4.79 Å². The summed E-state index contributed by atoms with van der Waals surface area (Å²) < 4.78 is 0. The van der Waals surface area contributed by atoms with E-state index in [4.69, 9.17) is 0 Å². The molecule has 0 spiro atoms. The molecule has 0 aliphatic carbocycles. The number of nitrogens with zero attached hydrogens (tertiary/aromatic N) is 1. The van der Waals surface area contributed by atoms with Gasteiger partial charge >= 0.3 is 0 Å². The number of nitrogens with one attached hydrogen (secondary N) is 2. The van der Waals surface area contributed by atoms with Crippen LogP contribution in [-0.4, -0.2) is 28.2 Å². The van der Waals surface area contributed by atoms with Crippen LogP contribution in [0.4, 0.5) is 5.69 Å². The third-order valence-electron chi connectivity index (χ3n) is 3.47. The van der Waals surface area contributed by atoms with E-state index in [-0.39, 0.29) is 17.4 Å². The first-order valence-electron chi connectivity index (χ1n) is 7.94. The van der Waals surface area contributed by atoms with Gasteiger partial charge in [-0.1, -0.05) is 20.8 Å². The molecule has 0 saturated carbocycles. The van der Waals surface area contributed by atoms with Gasteiger partial charge in [-0.3, -0.25) is 9.59 Å². The number of anilines is 1. The zero-order valence-electron chi connectivity index (χ0n) is 14.8. The number of rotatable bonds is 4. The van der Waals surface area contributed by atoms with Gasteiger partial charge in [-0.15, -0.1) is 0 Å². The fourth-order valence-corrected chi connectivity index (χ4v) is 1.89. The zero-order valence-corrected chi connectivity index (χ0v) is 14.8. The predicted molar refractivity (Wildman–Crippen MR) is 99.4 cm³/mol. The molecule has 7 nitrogen and oxygen atoms in total. The van der Waals surface area contributed by atoms with Gasteiger partial charge in [-0.25, -0.2) is 5.43 Å². The molecule has 2 aromatic rings. The summed E-state index contributed by atoms with van der Waals surface area (Å²) >= 11 is 0. The molecular weight excluding hydrogens is 334 g/mol. The summed E-state index contributed by atoms with van der Waals surface area (Å²) in [5.74, 6) is -0.773. The van der Waals surface area contributed by atoms with E-state index < -0.39 is 11.3 Å². The van der Waals surface area contributed by atoms with E-state index in [1.54, 1.807) is 24.3 Å². The summed E-state index contributed by atoms with van der Waals surface area (Å²) in [6.45, 7) is 5.44. The van der Waals surface area contributed by atoms with Crippen LogP contribution in [0.1, 0.15) is 36.7 Å². The molecule has 0 radical (unpaired) electrons. The number of hydrazone groups is 1. The summed E-state index contributed by atoms with van der Waals surface area (Å²) in [7, 11) is 0. The predicted octanol–water partition coefficient (Wildman–Crippen LogP) is 2.85. The lowest BCUT2D eigenvalue weighted by molar-refractivity contribution is -0.123. The van der Waals surface area contributed by atoms with E-state index in [0.29, 0.717) is 16.8 Å². The number of phenolic OH excluding ortho intramolecular Hbond substituents is 2. The van der Waals surface area contributed by atoms with E-state index in [1.807, 2.05) is 20.8 Å². The highest BCUT2D eigenvalue weighted by atomic mass is 16.3. The monoisotopic (exact) mass is 355 g/mol. The van der Waals surface area contributed by atoms with Crippen molar-refractivity contribution in [3.63, 3.8) is 0 Å². The summed E-state index contributed by atoms with van der Waals surface area (Å²) in [6.07, 6.45) is 1.27. The Morgan fingerprint density at radius 3 is 2.27 bits per heavy atom. The van der Waals surface area contributed by atoms with E-state index in [2.05, 4.69) is 15.8 Å². The van der Waals surface area contributed by atoms with Crippen LogP contribution < -0.4 is 10.7 Å². The molecule has 0 aliphatic rings. The molecule has 4 N–H and O–H groups in total. The minimum Gasteiger partial charge on any atom is -0.508 e. The van der Waals surface area contributed by atoms with Crippen LogP contribution >= 0.6 is 0 Å². The molecule has 136 valence electrons. The number of benzene rings is 2. The molecule has 2 rings (SSSR count). The van der Waals surface area contributed by atoms with E-state index >= 15 is 0 Å². The number of hydrogen-bond donors (Lipinski definition) is 4. The zero-order chi connectivity index (χ0) is 19.3. The molecule has 2 aromatic carbocycles. The normalized spacial score (nSPS) is 11.3. The lowest BCUT2D eigenvalue weighted by atomic mass is 9.95.